The number of hydrogen-bond acceptors (Lipinski definition) is 4. The molecule has 28 heavy (non-hydrogen) atoms. The van der Waals surface area contributed by atoms with Crippen molar-refractivity contribution in [2.24, 2.45) is 7.05 Å². The van der Waals surface area contributed by atoms with Crippen LogP contribution in [0.25, 0.3) is 33.0 Å². The SMILES string of the molecule is Cn1c(=O)c2c(-c3ccncc3)c(Nc3ccccc3)oc2c2ccccc21. The van der Waals surface area contributed by atoms with Gasteiger partial charge in [0.25, 0.3) is 5.56 Å². The minimum Gasteiger partial charge on any atom is -0.439 e. The Morgan fingerprint density at radius 2 is 1.64 bits per heavy atom. The Bertz CT molecular complexity index is 1350. The maximum absolute atomic E-state index is 13.3. The van der Waals surface area contributed by atoms with Crippen LogP contribution in [0.2, 0.25) is 0 Å². The summed E-state index contributed by atoms with van der Waals surface area (Å²) in [5, 5.41) is 4.80. The number of rotatable bonds is 3. The van der Waals surface area contributed by atoms with E-state index >= 15 is 0 Å². The normalized spacial score (nSPS) is 11.2. The fraction of sp³-hybridized carbons (Fsp3) is 0.0435. The summed E-state index contributed by atoms with van der Waals surface area (Å²) in [5.74, 6) is 0.542. The van der Waals surface area contributed by atoms with Gasteiger partial charge in [0.2, 0.25) is 5.88 Å². The second-order valence-corrected chi connectivity index (χ2v) is 6.62. The lowest BCUT2D eigenvalue weighted by atomic mass is 10.0. The minimum absolute atomic E-state index is 0.0922. The highest BCUT2D eigenvalue weighted by atomic mass is 16.4. The molecule has 0 saturated carbocycles. The first kappa shape index (κ1) is 16.3. The summed E-state index contributed by atoms with van der Waals surface area (Å²) < 4.78 is 7.93. The highest BCUT2D eigenvalue weighted by molar-refractivity contribution is 6.11. The van der Waals surface area contributed by atoms with E-state index < -0.39 is 0 Å². The molecule has 3 heterocycles. The van der Waals surface area contributed by atoms with Crippen LogP contribution in [0.15, 0.2) is 88.3 Å². The Balaban J connectivity index is 1.90. The first-order valence-electron chi connectivity index (χ1n) is 9.01. The van der Waals surface area contributed by atoms with Crippen LogP contribution < -0.4 is 10.9 Å². The summed E-state index contributed by atoms with van der Waals surface area (Å²) in [6.07, 6.45) is 3.43. The van der Waals surface area contributed by atoms with Crippen molar-refractivity contribution in [3.63, 3.8) is 0 Å². The van der Waals surface area contributed by atoms with Crippen molar-refractivity contribution in [2.75, 3.05) is 5.32 Å². The van der Waals surface area contributed by atoms with E-state index in [1.54, 1.807) is 24.0 Å². The number of nitrogens with one attached hydrogen (secondary N) is 1. The number of furan rings is 1. The molecule has 5 heteroatoms. The molecule has 0 bridgehead atoms. The molecule has 0 spiro atoms. The number of pyridine rings is 2. The van der Waals surface area contributed by atoms with E-state index in [9.17, 15) is 4.79 Å². The molecular weight excluding hydrogens is 350 g/mol. The molecule has 1 N–H and O–H groups in total. The van der Waals surface area contributed by atoms with Gasteiger partial charge in [0.05, 0.1) is 16.5 Å². The molecule has 0 atom stereocenters. The lowest BCUT2D eigenvalue weighted by molar-refractivity contribution is 0.638. The molecule has 0 unspecified atom stereocenters. The van der Waals surface area contributed by atoms with Gasteiger partial charge in [-0.1, -0.05) is 30.3 Å². The first-order chi connectivity index (χ1) is 13.7. The van der Waals surface area contributed by atoms with Gasteiger partial charge in [-0.15, -0.1) is 0 Å². The zero-order valence-electron chi connectivity index (χ0n) is 15.2. The van der Waals surface area contributed by atoms with Crippen molar-refractivity contribution >= 4 is 33.4 Å². The summed E-state index contributed by atoms with van der Waals surface area (Å²) in [5.41, 5.74) is 3.83. The third-order valence-electron chi connectivity index (χ3n) is 4.94. The van der Waals surface area contributed by atoms with Gasteiger partial charge >= 0.3 is 0 Å². The number of aromatic nitrogens is 2. The zero-order valence-corrected chi connectivity index (χ0v) is 15.2. The standard InChI is InChI=1S/C23H17N3O2/c1-26-18-10-6-5-9-17(18)21-20(23(26)27)19(15-11-13-24-14-12-15)22(28-21)25-16-7-3-2-4-8-16/h2-14,25H,1H3. The Morgan fingerprint density at radius 3 is 2.43 bits per heavy atom. The number of benzene rings is 2. The van der Waals surface area contributed by atoms with Crippen LogP contribution in [-0.2, 0) is 7.05 Å². The van der Waals surface area contributed by atoms with Crippen molar-refractivity contribution in [3.8, 4) is 11.1 Å². The fourth-order valence-electron chi connectivity index (χ4n) is 3.59. The minimum atomic E-state index is -0.0922. The maximum atomic E-state index is 13.3. The third-order valence-corrected chi connectivity index (χ3v) is 4.94. The predicted octanol–water partition coefficient (Wildman–Crippen LogP) is 5.09. The molecule has 136 valence electrons. The number of aryl methyl sites for hydroxylation is 1. The molecule has 5 rings (SSSR count). The number of anilines is 2. The fourth-order valence-corrected chi connectivity index (χ4v) is 3.59. The summed E-state index contributed by atoms with van der Waals surface area (Å²) in [7, 11) is 1.79. The third kappa shape index (κ3) is 2.48. The van der Waals surface area contributed by atoms with Crippen molar-refractivity contribution in [1.82, 2.24) is 9.55 Å². The van der Waals surface area contributed by atoms with Gasteiger partial charge in [0.1, 0.15) is 0 Å². The Hall–Kier alpha value is -3.86. The van der Waals surface area contributed by atoms with E-state index in [0.717, 1.165) is 27.7 Å². The highest BCUT2D eigenvalue weighted by Crippen LogP contribution is 2.40. The highest BCUT2D eigenvalue weighted by Gasteiger charge is 2.22. The molecule has 5 aromatic rings. The number of nitrogens with zero attached hydrogens (tertiary/aromatic N) is 2. The number of hydrogen-bond donors (Lipinski definition) is 1. The van der Waals surface area contributed by atoms with Gasteiger partial charge in [-0.05, 0) is 42.0 Å². The number of fused-ring (bicyclic) bond motifs is 3. The summed E-state index contributed by atoms with van der Waals surface area (Å²) in [4.78, 5) is 17.4. The van der Waals surface area contributed by atoms with E-state index in [1.807, 2.05) is 66.7 Å². The largest absolute Gasteiger partial charge is 0.439 e. The van der Waals surface area contributed by atoms with Crippen molar-refractivity contribution in [1.29, 1.82) is 0 Å². The van der Waals surface area contributed by atoms with E-state index in [0.29, 0.717) is 16.9 Å². The molecule has 0 radical (unpaired) electrons. The van der Waals surface area contributed by atoms with Gasteiger partial charge < -0.3 is 14.3 Å². The molecule has 0 fully saturated rings. The monoisotopic (exact) mass is 367 g/mol. The second kappa shape index (κ2) is 6.39. The molecule has 3 aromatic heterocycles. The van der Waals surface area contributed by atoms with E-state index in [-0.39, 0.29) is 5.56 Å². The molecule has 0 amide bonds. The lowest BCUT2D eigenvalue weighted by Gasteiger charge is -2.07. The number of para-hydroxylation sites is 2. The van der Waals surface area contributed by atoms with Gasteiger partial charge in [-0.2, -0.15) is 0 Å². The lowest BCUT2D eigenvalue weighted by Crippen LogP contribution is -2.17. The van der Waals surface area contributed by atoms with Crippen LogP contribution in [0.3, 0.4) is 0 Å². The van der Waals surface area contributed by atoms with E-state index in [4.69, 9.17) is 4.42 Å². The molecule has 0 saturated heterocycles. The Kier molecular flexibility index (Phi) is 3.72. The van der Waals surface area contributed by atoms with Crippen LogP contribution in [0.4, 0.5) is 11.6 Å². The maximum Gasteiger partial charge on any atom is 0.262 e. The van der Waals surface area contributed by atoms with Crippen LogP contribution in [0, 0.1) is 0 Å². The molecule has 5 nitrogen and oxygen atoms in total. The smallest absolute Gasteiger partial charge is 0.262 e. The van der Waals surface area contributed by atoms with Gasteiger partial charge in [0, 0.05) is 30.5 Å². The topological polar surface area (TPSA) is 60.1 Å². The summed E-state index contributed by atoms with van der Waals surface area (Å²) >= 11 is 0. The quantitative estimate of drug-likeness (QED) is 0.482. The average Bonchev–Trinajstić information content (AvgIpc) is 3.13. The van der Waals surface area contributed by atoms with E-state index in [1.165, 1.54) is 0 Å². The van der Waals surface area contributed by atoms with Crippen LogP contribution in [0.5, 0.6) is 0 Å². The average molecular weight is 367 g/mol. The molecular formula is C23H17N3O2. The Labute approximate surface area is 160 Å². The van der Waals surface area contributed by atoms with Crippen LogP contribution in [0.1, 0.15) is 0 Å². The molecule has 2 aromatic carbocycles. The Morgan fingerprint density at radius 1 is 0.929 bits per heavy atom. The van der Waals surface area contributed by atoms with Gasteiger partial charge in [-0.3, -0.25) is 9.78 Å². The van der Waals surface area contributed by atoms with Crippen molar-refractivity contribution in [3.05, 3.63) is 89.5 Å². The summed E-state index contributed by atoms with van der Waals surface area (Å²) in [6.45, 7) is 0. The molecule has 0 aliphatic rings. The first-order valence-corrected chi connectivity index (χ1v) is 9.01. The van der Waals surface area contributed by atoms with Gasteiger partial charge in [-0.25, -0.2) is 0 Å². The second-order valence-electron chi connectivity index (χ2n) is 6.62. The van der Waals surface area contributed by atoms with Crippen LogP contribution in [-0.4, -0.2) is 9.55 Å². The van der Waals surface area contributed by atoms with Crippen LogP contribution >= 0.6 is 0 Å². The van der Waals surface area contributed by atoms with Crippen molar-refractivity contribution < 1.29 is 4.42 Å². The summed E-state index contributed by atoms with van der Waals surface area (Å²) in [6, 6.07) is 21.3. The molecule has 0 aliphatic heterocycles. The van der Waals surface area contributed by atoms with E-state index in [2.05, 4.69) is 10.3 Å². The molecule has 0 aliphatic carbocycles. The van der Waals surface area contributed by atoms with Gasteiger partial charge in [0.15, 0.2) is 5.58 Å². The zero-order chi connectivity index (χ0) is 19.1. The van der Waals surface area contributed by atoms with Crippen molar-refractivity contribution in [2.45, 2.75) is 0 Å². The predicted molar refractivity (Wildman–Crippen MR) is 112 cm³/mol.